The summed E-state index contributed by atoms with van der Waals surface area (Å²) in [6.07, 6.45) is 0.691. The molecule has 6 heteroatoms. The molecule has 2 aromatic heterocycles. The van der Waals surface area contributed by atoms with Crippen LogP contribution in [0.4, 0.5) is 0 Å². The number of carbonyl (C=O) groups excluding carboxylic acids is 1. The Morgan fingerprint density at radius 1 is 1.19 bits per heavy atom. The van der Waals surface area contributed by atoms with Crippen LogP contribution in [-0.4, -0.2) is 17.4 Å². The topological polar surface area (TPSA) is 42.0 Å². The van der Waals surface area contributed by atoms with E-state index < -0.39 is 0 Å². The summed E-state index contributed by atoms with van der Waals surface area (Å²) >= 11 is 9.47. The van der Waals surface area contributed by atoms with Gasteiger partial charge in [0.15, 0.2) is 0 Å². The highest BCUT2D eigenvalue weighted by molar-refractivity contribution is 7.21. The van der Waals surface area contributed by atoms with Gasteiger partial charge in [0.2, 0.25) is 0 Å². The van der Waals surface area contributed by atoms with Crippen molar-refractivity contribution in [3.05, 3.63) is 75.1 Å². The first kappa shape index (κ1) is 18.2. The third kappa shape index (κ3) is 3.90. The largest absolute Gasteiger partial charge is 0.351 e. The highest BCUT2D eigenvalue weighted by Crippen LogP contribution is 2.35. The number of rotatable bonds is 5. The molecule has 0 aliphatic carbocycles. The van der Waals surface area contributed by atoms with Gasteiger partial charge in [-0.1, -0.05) is 54.1 Å². The second-order valence-corrected chi connectivity index (χ2v) is 8.55. The van der Waals surface area contributed by atoms with Crippen LogP contribution >= 0.6 is 34.3 Å². The van der Waals surface area contributed by atoms with E-state index >= 15 is 0 Å². The number of hydrogen-bond acceptors (Lipinski definition) is 4. The summed E-state index contributed by atoms with van der Waals surface area (Å²) in [6, 6.07) is 16.2. The minimum Gasteiger partial charge on any atom is -0.351 e. The van der Waals surface area contributed by atoms with Crippen LogP contribution < -0.4 is 5.32 Å². The quantitative estimate of drug-likeness (QED) is 0.439. The molecule has 2 aromatic carbocycles. The van der Waals surface area contributed by atoms with E-state index in [1.807, 2.05) is 42.6 Å². The van der Waals surface area contributed by atoms with Crippen LogP contribution in [0.15, 0.2) is 53.9 Å². The first-order valence-corrected chi connectivity index (χ1v) is 10.7. The molecule has 4 rings (SSSR count). The number of halogens is 1. The number of thiophene rings is 1. The molecule has 0 unspecified atom stereocenters. The molecule has 1 amide bonds. The Morgan fingerprint density at radius 2 is 2.00 bits per heavy atom. The highest BCUT2D eigenvalue weighted by Gasteiger charge is 2.17. The molecule has 4 aromatic rings. The van der Waals surface area contributed by atoms with E-state index in [0.29, 0.717) is 22.9 Å². The number of amides is 1. The minimum atomic E-state index is -0.127. The fourth-order valence-electron chi connectivity index (χ4n) is 2.84. The van der Waals surface area contributed by atoms with E-state index in [2.05, 4.69) is 28.5 Å². The summed E-state index contributed by atoms with van der Waals surface area (Å²) in [5.74, 6) is -0.127. The van der Waals surface area contributed by atoms with Gasteiger partial charge < -0.3 is 5.32 Å². The first-order chi connectivity index (χ1) is 13.1. The molecular formula is C21H17ClN2OS2. The monoisotopic (exact) mass is 412 g/mol. The van der Waals surface area contributed by atoms with Crippen molar-refractivity contribution in [3.8, 4) is 10.6 Å². The van der Waals surface area contributed by atoms with Gasteiger partial charge in [0.05, 0.1) is 10.7 Å². The van der Waals surface area contributed by atoms with Gasteiger partial charge in [-0.3, -0.25) is 4.79 Å². The van der Waals surface area contributed by atoms with Gasteiger partial charge in [0.25, 0.3) is 5.91 Å². The van der Waals surface area contributed by atoms with Crippen molar-refractivity contribution in [2.45, 2.75) is 13.3 Å². The smallest absolute Gasteiger partial charge is 0.262 e. The number of carbonyl (C=O) groups is 1. The van der Waals surface area contributed by atoms with Crippen LogP contribution in [0.1, 0.15) is 20.9 Å². The fourth-order valence-corrected chi connectivity index (χ4v) is 5.23. The van der Waals surface area contributed by atoms with Crippen molar-refractivity contribution in [2.24, 2.45) is 0 Å². The number of aryl methyl sites for hydroxylation is 1. The Kier molecular flexibility index (Phi) is 5.25. The zero-order chi connectivity index (χ0) is 18.8. The predicted molar refractivity (Wildman–Crippen MR) is 115 cm³/mol. The molecule has 0 saturated heterocycles. The molecule has 3 nitrogen and oxygen atoms in total. The number of nitrogens with one attached hydrogen (secondary N) is 1. The molecular weight excluding hydrogens is 396 g/mol. The molecule has 0 radical (unpaired) electrons. The van der Waals surface area contributed by atoms with E-state index in [4.69, 9.17) is 11.6 Å². The number of hydrogen-bond donors (Lipinski definition) is 1. The first-order valence-electron chi connectivity index (χ1n) is 8.58. The maximum Gasteiger partial charge on any atom is 0.262 e. The Hall–Kier alpha value is -2.21. The maximum absolute atomic E-state index is 12.5. The molecule has 0 fully saturated rings. The standard InChI is InChI=1S/C21H17ClN2OS2/c1-13-7-8-16-17(11-13)27-19(18(16)22)20(25)23-10-9-15-12-26-21(24-15)14-5-3-2-4-6-14/h2-8,11-12H,9-10H2,1H3,(H,23,25). The second kappa shape index (κ2) is 7.80. The van der Waals surface area contributed by atoms with Crippen molar-refractivity contribution in [1.29, 1.82) is 0 Å². The van der Waals surface area contributed by atoms with Crippen LogP contribution in [0.25, 0.3) is 20.7 Å². The van der Waals surface area contributed by atoms with Gasteiger partial charge in [0, 0.05) is 34.0 Å². The molecule has 0 bridgehead atoms. The minimum absolute atomic E-state index is 0.127. The lowest BCUT2D eigenvalue weighted by molar-refractivity contribution is 0.0958. The van der Waals surface area contributed by atoms with Crippen LogP contribution in [0, 0.1) is 6.92 Å². The summed E-state index contributed by atoms with van der Waals surface area (Å²) in [7, 11) is 0. The average molecular weight is 413 g/mol. The summed E-state index contributed by atoms with van der Waals surface area (Å²) in [6.45, 7) is 2.56. The lowest BCUT2D eigenvalue weighted by Gasteiger charge is -2.02. The molecule has 0 spiro atoms. The molecule has 136 valence electrons. The van der Waals surface area contributed by atoms with E-state index in [1.165, 1.54) is 11.3 Å². The molecule has 0 atom stereocenters. The van der Waals surface area contributed by atoms with E-state index in [0.717, 1.165) is 31.9 Å². The van der Waals surface area contributed by atoms with Crippen molar-refractivity contribution < 1.29 is 4.79 Å². The van der Waals surface area contributed by atoms with E-state index in [-0.39, 0.29) is 5.91 Å². The average Bonchev–Trinajstić information content (AvgIpc) is 3.27. The summed E-state index contributed by atoms with van der Waals surface area (Å²) in [5, 5.41) is 7.48. The number of aromatic nitrogens is 1. The number of benzene rings is 2. The van der Waals surface area contributed by atoms with Gasteiger partial charge in [-0.25, -0.2) is 4.98 Å². The third-order valence-corrected chi connectivity index (χ3v) is 6.83. The predicted octanol–water partition coefficient (Wildman–Crippen LogP) is 5.96. The number of thiazole rings is 1. The van der Waals surface area contributed by atoms with Crippen molar-refractivity contribution in [3.63, 3.8) is 0 Å². The van der Waals surface area contributed by atoms with E-state index in [9.17, 15) is 4.79 Å². The fraction of sp³-hybridized carbons (Fsp3) is 0.143. The maximum atomic E-state index is 12.5. The zero-order valence-electron chi connectivity index (χ0n) is 14.7. The lowest BCUT2D eigenvalue weighted by Crippen LogP contribution is -2.25. The molecule has 0 saturated carbocycles. The van der Waals surface area contributed by atoms with Crippen LogP contribution in [0.5, 0.6) is 0 Å². The summed E-state index contributed by atoms with van der Waals surface area (Å²) in [4.78, 5) is 17.8. The Morgan fingerprint density at radius 3 is 2.81 bits per heavy atom. The number of fused-ring (bicyclic) bond motifs is 1. The molecule has 0 aliphatic heterocycles. The second-order valence-electron chi connectivity index (χ2n) is 6.26. The van der Waals surface area contributed by atoms with Gasteiger partial charge in [-0.2, -0.15) is 0 Å². The van der Waals surface area contributed by atoms with Gasteiger partial charge in [-0.15, -0.1) is 22.7 Å². The van der Waals surface area contributed by atoms with E-state index in [1.54, 1.807) is 11.3 Å². The van der Waals surface area contributed by atoms with Gasteiger partial charge in [-0.05, 0) is 18.6 Å². The Bertz CT molecular complexity index is 1100. The van der Waals surface area contributed by atoms with Gasteiger partial charge >= 0.3 is 0 Å². The Balaban J connectivity index is 1.40. The highest BCUT2D eigenvalue weighted by atomic mass is 35.5. The van der Waals surface area contributed by atoms with Crippen molar-refractivity contribution in [1.82, 2.24) is 10.3 Å². The zero-order valence-corrected chi connectivity index (χ0v) is 17.0. The van der Waals surface area contributed by atoms with Crippen molar-refractivity contribution in [2.75, 3.05) is 6.54 Å². The van der Waals surface area contributed by atoms with Crippen molar-refractivity contribution >= 4 is 50.3 Å². The number of nitrogens with zero attached hydrogens (tertiary/aromatic N) is 1. The van der Waals surface area contributed by atoms with Crippen LogP contribution in [0.2, 0.25) is 5.02 Å². The molecule has 0 aliphatic rings. The molecule has 27 heavy (non-hydrogen) atoms. The summed E-state index contributed by atoms with van der Waals surface area (Å²) < 4.78 is 1.04. The normalized spacial score (nSPS) is 11.0. The van der Waals surface area contributed by atoms with Crippen LogP contribution in [-0.2, 0) is 6.42 Å². The summed E-state index contributed by atoms with van der Waals surface area (Å²) in [5.41, 5.74) is 3.26. The van der Waals surface area contributed by atoms with Crippen LogP contribution in [0.3, 0.4) is 0 Å². The Labute approximate surface area is 170 Å². The molecule has 1 N–H and O–H groups in total. The molecule has 2 heterocycles. The van der Waals surface area contributed by atoms with Gasteiger partial charge in [0.1, 0.15) is 9.88 Å². The third-order valence-electron chi connectivity index (χ3n) is 4.23. The SMILES string of the molecule is Cc1ccc2c(Cl)c(C(=O)NCCc3csc(-c4ccccc4)n3)sc2c1. The lowest BCUT2D eigenvalue weighted by atomic mass is 10.2.